The quantitative estimate of drug-likeness (QED) is 0.493. The molecule has 4 nitrogen and oxygen atoms in total. The summed E-state index contributed by atoms with van der Waals surface area (Å²) < 4.78 is 2.47. The molecule has 1 aliphatic carbocycles. The molecule has 3 aromatic rings. The van der Waals surface area contributed by atoms with Gasteiger partial charge in [0.25, 0.3) is 0 Å². The fraction of sp³-hybridized carbons (Fsp3) is 0.542. The summed E-state index contributed by atoms with van der Waals surface area (Å²) in [4.78, 5) is 6.44. The molecule has 4 rings (SSSR count). The van der Waals surface area contributed by atoms with Crippen LogP contribution in [0.1, 0.15) is 74.7 Å². The maximum atomic E-state index is 9.87. The predicted octanol–water partition coefficient (Wildman–Crippen LogP) is 5.44. The summed E-state index contributed by atoms with van der Waals surface area (Å²) in [6.45, 7) is 5.55. The van der Waals surface area contributed by atoms with Crippen LogP contribution in [0.15, 0.2) is 35.7 Å². The van der Waals surface area contributed by atoms with Gasteiger partial charge in [0.2, 0.25) is 0 Å². The normalized spacial score (nSPS) is 16.3. The molecule has 1 aliphatic rings. The zero-order chi connectivity index (χ0) is 20.3. The van der Waals surface area contributed by atoms with Gasteiger partial charge in [0, 0.05) is 29.4 Å². The topological polar surface area (TPSA) is 50.1 Å². The van der Waals surface area contributed by atoms with Gasteiger partial charge in [0.1, 0.15) is 5.82 Å². The van der Waals surface area contributed by atoms with Crippen molar-refractivity contribution < 1.29 is 5.11 Å². The Bertz CT molecular complexity index is 921. The highest BCUT2D eigenvalue weighted by Crippen LogP contribution is 2.31. The lowest BCUT2D eigenvalue weighted by Gasteiger charge is -2.28. The lowest BCUT2D eigenvalue weighted by atomic mass is 9.98. The molecule has 0 amide bonds. The van der Waals surface area contributed by atoms with Crippen LogP contribution >= 0.6 is 11.3 Å². The highest BCUT2D eigenvalue weighted by molar-refractivity contribution is 7.09. The number of aromatic nitrogens is 2. The number of aliphatic hydroxyl groups excluding tert-OH is 1. The second kappa shape index (κ2) is 8.99. The molecule has 1 fully saturated rings. The molecule has 156 valence electrons. The zero-order valence-electron chi connectivity index (χ0n) is 17.7. The van der Waals surface area contributed by atoms with E-state index in [2.05, 4.69) is 59.4 Å². The maximum Gasteiger partial charge on any atom is 0.115 e. The van der Waals surface area contributed by atoms with Crippen molar-refractivity contribution in [3.8, 4) is 0 Å². The summed E-state index contributed by atoms with van der Waals surface area (Å²) in [5.74, 6) is 1.17. The standard InChI is InChI=1S/C24H33N3OS/c1-3-19(4-2)27-22-10-9-18(16-25-24(17-28)11-5-6-12-24)14-21(22)26-23(27)15-20-8-7-13-29-20/h7-10,13-14,19,25,28H,3-6,11-12,15-17H2,1-2H3. The first-order chi connectivity index (χ1) is 14.2. The van der Waals surface area contributed by atoms with Crippen molar-refractivity contribution in [1.82, 2.24) is 14.9 Å². The van der Waals surface area contributed by atoms with Crippen molar-refractivity contribution >= 4 is 22.4 Å². The number of nitrogens with zero attached hydrogens (tertiary/aromatic N) is 2. The van der Waals surface area contributed by atoms with Crippen LogP contribution in [0.4, 0.5) is 0 Å². The average molecular weight is 412 g/mol. The summed E-state index contributed by atoms with van der Waals surface area (Å²) in [7, 11) is 0. The van der Waals surface area contributed by atoms with Crippen molar-refractivity contribution in [3.05, 3.63) is 52.0 Å². The molecule has 0 bridgehead atoms. The Morgan fingerprint density at radius 3 is 2.66 bits per heavy atom. The van der Waals surface area contributed by atoms with Gasteiger partial charge >= 0.3 is 0 Å². The van der Waals surface area contributed by atoms with Crippen LogP contribution < -0.4 is 5.32 Å². The Kier molecular flexibility index (Phi) is 6.38. The van der Waals surface area contributed by atoms with Crippen LogP contribution in [0.5, 0.6) is 0 Å². The first-order valence-corrected chi connectivity index (χ1v) is 11.9. The second-order valence-electron chi connectivity index (χ2n) is 8.45. The number of fused-ring (bicyclic) bond motifs is 1. The van der Waals surface area contributed by atoms with Crippen LogP contribution in [0.2, 0.25) is 0 Å². The minimum absolute atomic E-state index is 0.0891. The van der Waals surface area contributed by atoms with Gasteiger partial charge in [-0.15, -0.1) is 11.3 Å². The summed E-state index contributed by atoms with van der Waals surface area (Å²) in [5.41, 5.74) is 3.49. The molecule has 0 spiro atoms. The van der Waals surface area contributed by atoms with E-state index in [9.17, 15) is 5.11 Å². The molecule has 2 N–H and O–H groups in total. The third-order valence-corrected chi connectivity index (χ3v) is 7.45. The Hall–Kier alpha value is -1.69. The van der Waals surface area contributed by atoms with Crippen LogP contribution in [0.25, 0.3) is 11.0 Å². The molecule has 0 atom stereocenters. The number of benzene rings is 1. The van der Waals surface area contributed by atoms with Gasteiger partial charge in [0.05, 0.1) is 17.6 Å². The van der Waals surface area contributed by atoms with Crippen molar-refractivity contribution in [2.45, 2.75) is 76.9 Å². The van der Waals surface area contributed by atoms with E-state index in [1.165, 1.54) is 34.6 Å². The minimum atomic E-state index is -0.0891. The predicted molar refractivity (Wildman–Crippen MR) is 122 cm³/mol. The summed E-state index contributed by atoms with van der Waals surface area (Å²) in [5, 5.41) is 15.7. The van der Waals surface area contributed by atoms with Crippen LogP contribution in [-0.2, 0) is 13.0 Å². The summed E-state index contributed by atoms with van der Waals surface area (Å²) in [6.07, 6.45) is 7.67. The van der Waals surface area contributed by atoms with E-state index in [4.69, 9.17) is 4.98 Å². The average Bonchev–Trinajstić information content (AvgIpc) is 3.49. The first kappa shape index (κ1) is 20.6. The van der Waals surface area contributed by atoms with Gasteiger partial charge in [-0.25, -0.2) is 4.98 Å². The first-order valence-electron chi connectivity index (χ1n) is 11.1. The summed E-state index contributed by atoms with van der Waals surface area (Å²) >= 11 is 1.80. The molecule has 0 radical (unpaired) electrons. The van der Waals surface area contributed by atoms with E-state index in [1.54, 1.807) is 11.3 Å². The molecule has 0 aliphatic heterocycles. The Morgan fingerprint density at radius 2 is 2.00 bits per heavy atom. The fourth-order valence-electron chi connectivity index (χ4n) is 4.79. The Labute approximate surface area is 178 Å². The number of rotatable bonds is 9. The van der Waals surface area contributed by atoms with E-state index >= 15 is 0 Å². The highest BCUT2D eigenvalue weighted by Gasteiger charge is 2.32. The van der Waals surface area contributed by atoms with Crippen LogP contribution in [0.3, 0.4) is 0 Å². The van der Waals surface area contributed by atoms with Gasteiger partial charge in [-0.3, -0.25) is 0 Å². The number of hydrogen-bond acceptors (Lipinski definition) is 4. The molecule has 0 saturated heterocycles. The van der Waals surface area contributed by atoms with Crippen molar-refractivity contribution in [2.24, 2.45) is 0 Å². The second-order valence-corrected chi connectivity index (χ2v) is 9.48. The van der Waals surface area contributed by atoms with Gasteiger partial charge in [-0.2, -0.15) is 0 Å². The van der Waals surface area contributed by atoms with Gasteiger partial charge in [0.15, 0.2) is 0 Å². The van der Waals surface area contributed by atoms with E-state index in [0.717, 1.165) is 44.2 Å². The molecule has 2 heterocycles. The molecule has 29 heavy (non-hydrogen) atoms. The van der Waals surface area contributed by atoms with Crippen LogP contribution in [0, 0.1) is 0 Å². The Balaban J connectivity index is 1.63. The zero-order valence-corrected chi connectivity index (χ0v) is 18.5. The van der Waals surface area contributed by atoms with E-state index in [-0.39, 0.29) is 12.1 Å². The SMILES string of the molecule is CCC(CC)n1c(Cc2cccs2)nc2cc(CNC3(CO)CCCC3)ccc21. The number of hydrogen-bond donors (Lipinski definition) is 2. The minimum Gasteiger partial charge on any atom is -0.394 e. The molecule has 1 aromatic carbocycles. The molecule has 5 heteroatoms. The molecular formula is C24H33N3OS. The van der Waals surface area contributed by atoms with Gasteiger partial charge < -0.3 is 15.0 Å². The van der Waals surface area contributed by atoms with Gasteiger partial charge in [-0.1, -0.05) is 38.8 Å². The summed E-state index contributed by atoms with van der Waals surface area (Å²) in [6, 6.07) is 11.5. The number of nitrogens with one attached hydrogen (secondary N) is 1. The van der Waals surface area contributed by atoms with Crippen LogP contribution in [-0.4, -0.2) is 26.8 Å². The third kappa shape index (κ3) is 4.27. The number of imidazole rings is 1. The number of thiophene rings is 1. The molecule has 2 aromatic heterocycles. The van der Waals surface area contributed by atoms with E-state index in [0.29, 0.717) is 6.04 Å². The van der Waals surface area contributed by atoms with E-state index in [1.807, 2.05) is 0 Å². The Morgan fingerprint density at radius 1 is 1.21 bits per heavy atom. The third-order valence-electron chi connectivity index (χ3n) is 6.58. The highest BCUT2D eigenvalue weighted by atomic mass is 32.1. The largest absolute Gasteiger partial charge is 0.394 e. The van der Waals surface area contributed by atoms with Crippen molar-refractivity contribution in [2.75, 3.05) is 6.61 Å². The maximum absolute atomic E-state index is 9.87. The van der Waals surface area contributed by atoms with Gasteiger partial charge in [-0.05, 0) is 54.8 Å². The molecular weight excluding hydrogens is 378 g/mol. The number of aliphatic hydroxyl groups is 1. The lowest BCUT2D eigenvalue weighted by molar-refractivity contribution is 0.163. The molecule has 1 saturated carbocycles. The van der Waals surface area contributed by atoms with Crippen molar-refractivity contribution in [1.29, 1.82) is 0 Å². The van der Waals surface area contributed by atoms with Crippen molar-refractivity contribution in [3.63, 3.8) is 0 Å². The lowest BCUT2D eigenvalue weighted by Crippen LogP contribution is -2.45. The smallest absolute Gasteiger partial charge is 0.115 e. The monoisotopic (exact) mass is 411 g/mol. The molecule has 0 unspecified atom stereocenters. The fourth-order valence-corrected chi connectivity index (χ4v) is 5.49. The van der Waals surface area contributed by atoms with E-state index < -0.39 is 0 Å².